The molecule has 0 saturated carbocycles. The Labute approximate surface area is 102 Å². The van der Waals surface area contributed by atoms with Crippen LogP contribution in [-0.2, 0) is 0 Å². The lowest BCUT2D eigenvalue weighted by Crippen LogP contribution is -2.16. The third-order valence-electron chi connectivity index (χ3n) is 2.23. The molecular formula is C11H10N4O3. The van der Waals surface area contributed by atoms with Crippen molar-refractivity contribution in [1.82, 2.24) is 9.97 Å². The van der Waals surface area contributed by atoms with E-state index in [0.717, 1.165) is 0 Å². The number of nitro groups is 1. The molecule has 92 valence electrons. The van der Waals surface area contributed by atoms with Gasteiger partial charge in [-0.25, -0.2) is 4.98 Å². The summed E-state index contributed by atoms with van der Waals surface area (Å²) in [7, 11) is 0. The van der Waals surface area contributed by atoms with E-state index in [9.17, 15) is 14.9 Å². The van der Waals surface area contributed by atoms with Crippen LogP contribution in [0.15, 0.2) is 35.1 Å². The molecule has 18 heavy (non-hydrogen) atoms. The third kappa shape index (κ3) is 2.34. The van der Waals surface area contributed by atoms with Crippen LogP contribution in [0.3, 0.4) is 0 Å². The van der Waals surface area contributed by atoms with E-state index < -0.39 is 16.2 Å². The molecule has 0 aliphatic rings. The smallest absolute Gasteiger partial charge is 0.334 e. The Bertz CT molecular complexity index is 636. The van der Waals surface area contributed by atoms with Gasteiger partial charge in [0.05, 0.1) is 4.92 Å². The first-order valence-corrected chi connectivity index (χ1v) is 5.15. The van der Waals surface area contributed by atoms with Crippen molar-refractivity contribution in [2.75, 3.05) is 5.32 Å². The molecule has 1 heterocycles. The number of benzene rings is 1. The van der Waals surface area contributed by atoms with Crippen LogP contribution in [0, 0.1) is 17.0 Å². The van der Waals surface area contributed by atoms with Crippen LogP contribution in [-0.4, -0.2) is 14.9 Å². The van der Waals surface area contributed by atoms with E-state index in [2.05, 4.69) is 15.3 Å². The van der Waals surface area contributed by atoms with Crippen LogP contribution in [0.5, 0.6) is 0 Å². The van der Waals surface area contributed by atoms with Crippen molar-refractivity contribution in [2.24, 2.45) is 0 Å². The predicted molar refractivity (Wildman–Crippen MR) is 66.0 cm³/mol. The van der Waals surface area contributed by atoms with Gasteiger partial charge in [-0.3, -0.25) is 14.9 Å². The van der Waals surface area contributed by atoms with Crippen molar-refractivity contribution >= 4 is 17.2 Å². The van der Waals surface area contributed by atoms with E-state index in [0.29, 0.717) is 11.5 Å². The molecule has 0 unspecified atom stereocenters. The summed E-state index contributed by atoms with van der Waals surface area (Å²) < 4.78 is 0. The van der Waals surface area contributed by atoms with Gasteiger partial charge in [-0.1, -0.05) is 18.2 Å². The monoisotopic (exact) mass is 246 g/mol. The van der Waals surface area contributed by atoms with E-state index in [1.165, 1.54) is 0 Å². The number of aryl methyl sites for hydroxylation is 1. The molecule has 0 amide bonds. The summed E-state index contributed by atoms with van der Waals surface area (Å²) in [6.07, 6.45) is 0. The second kappa shape index (κ2) is 4.66. The Hall–Kier alpha value is -2.70. The number of aromatic amines is 1. The number of anilines is 2. The Kier molecular flexibility index (Phi) is 3.05. The molecule has 0 radical (unpaired) electrons. The first kappa shape index (κ1) is 11.8. The fraction of sp³-hybridized carbons (Fsp3) is 0.0909. The zero-order chi connectivity index (χ0) is 13.1. The molecular weight excluding hydrogens is 236 g/mol. The molecule has 0 aliphatic heterocycles. The minimum absolute atomic E-state index is 0.0625. The molecule has 2 rings (SSSR count). The molecule has 1 aromatic heterocycles. The number of hydrogen-bond acceptors (Lipinski definition) is 5. The van der Waals surface area contributed by atoms with Gasteiger partial charge in [-0.15, -0.1) is 0 Å². The summed E-state index contributed by atoms with van der Waals surface area (Å²) in [4.78, 5) is 27.9. The normalized spacial score (nSPS) is 10.1. The van der Waals surface area contributed by atoms with Crippen molar-refractivity contribution in [3.63, 3.8) is 0 Å². The zero-order valence-electron chi connectivity index (χ0n) is 9.51. The van der Waals surface area contributed by atoms with Crippen molar-refractivity contribution in [3.8, 4) is 0 Å². The Morgan fingerprint density at radius 3 is 2.61 bits per heavy atom. The first-order valence-electron chi connectivity index (χ1n) is 5.15. The van der Waals surface area contributed by atoms with Gasteiger partial charge in [0.25, 0.3) is 0 Å². The summed E-state index contributed by atoms with van der Waals surface area (Å²) >= 11 is 0. The molecule has 0 bridgehead atoms. The van der Waals surface area contributed by atoms with E-state index in [1.807, 2.05) is 6.07 Å². The van der Waals surface area contributed by atoms with Gasteiger partial charge in [0.15, 0.2) is 0 Å². The quantitative estimate of drug-likeness (QED) is 0.634. The van der Waals surface area contributed by atoms with E-state index in [4.69, 9.17) is 0 Å². The predicted octanol–water partition coefficient (Wildman–Crippen LogP) is 1.73. The maximum atomic E-state index is 11.5. The summed E-state index contributed by atoms with van der Waals surface area (Å²) in [5.74, 6) is 0.247. The largest absolute Gasteiger partial charge is 0.376 e. The molecule has 0 aliphatic carbocycles. The van der Waals surface area contributed by atoms with Crippen molar-refractivity contribution in [1.29, 1.82) is 0 Å². The minimum Gasteiger partial charge on any atom is -0.334 e. The maximum Gasteiger partial charge on any atom is 0.376 e. The van der Waals surface area contributed by atoms with Gasteiger partial charge in [0.1, 0.15) is 5.82 Å². The maximum absolute atomic E-state index is 11.5. The SMILES string of the molecule is Cc1nc(Nc2ccccc2)c([N+](=O)[O-])c(=O)[nH]1. The van der Waals surface area contributed by atoms with Gasteiger partial charge in [-0.05, 0) is 19.1 Å². The number of aromatic nitrogens is 2. The molecule has 7 nitrogen and oxygen atoms in total. The number of rotatable bonds is 3. The van der Waals surface area contributed by atoms with Gasteiger partial charge in [-0.2, -0.15) is 0 Å². The lowest BCUT2D eigenvalue weighted by Gasteiger charge is -2.05. The van der Waals surface area contributed by atoms with Crippen molar-refractivity contribution in [2.45, 2.75) is 6.92 Å². The highest BCUT2D eigenvalue weighted by Gasteiger charge is 2.21. The lowest BCUT2D eigenvalue weighted by atomic mass is 10.3. The summed E-state index contributed by atoms with van der Waals surface area (Å²) in [6, 6.07) is 8.81. The highest BCUT2D eigenvalue weighted by Crippen LogP contribution is 2.21. The van der Waals surface area contributed by atoms with Crippen LogP contribution < -0.4 is 10.9 Å². The number of nitrogens with one attached hydrogen (secondary N) is 2. The summed E-state index contributed by atoms with van der Waals surface area (Å²) in [5, 5.41) is 13.6. The fourth-order valence-electron chi connectivity index (χ4n) is 1.49. The van der Waals surface area contributed by atoms with Crippen LogP contribution in [0.4, 0.5) is 17.2 Å². The minimum atomic E-state index is -0.772. The number of para-hydroxylation sites is 1. The van der Waals surface area contributed by atoms with Gasteiger partial charge < -0.3 is 10.3 Å². The third-order valence-corrected chi connectivity index (χ3v) is 2.23. The molecule has 0 spiro atoms. The summed E-state index contributed by atoms with van der Waals surface area (Å²) in [5.41, 5.74) is -0.742. The second-order valence-electron chi connectivity index (χ2n) is 3.60. The van der Waals surface area contributed by atoms with E-state index >= 15 is 0 Å². The average Bonchev–Trinajstić information content (AvgIpc) is 2.28. The van der Waals surface area contributed by atoms with Crippen LogP contribution in [0.25, 0.3) is 0 Å². The van der Waals surface area contributed by atoms with Crippen molar-refractivity contribution in [3.05, 3.63) is 56.6 Å². The fourth-order valence-corrected chi connectivity index (χ4v) is 1.49. The summed E-state index contributed by atoms with van der Waals surface area (Å²) in [6.45, 7) is 1.56. The van der Waals surface area contributed by atoms with Crippen molar-refractivity contribution < 1.29 is 4.92 Å². The molecule has 2 aromatic rings. The Morgan fingerprint density at radius 2 is 2.00 bits per heavy atom. The van der Waals surface area contributed by atoms with Crippen LogP contribution in [0.1, 0.15) is 5.82 Å². The lowest BCUT2D eigenvalue weighted by molar-refractivity contribution is -0.385. The highest BCUT2D eigenvalue weighted by atomic mass is 16.6. The van der Waals surface area contributed by atoms with E-state index in [-0.39, 0.29) is 5.82 Å². The second-order valence-corrected chi connectivity index (χ2v) is 3.60. The Morgan fingerprint density at radius 1 is 1.33 bits per heavy atom. The standard InChI is InChI=1S/C11H10N4O3/c1-7-12-10(9(15(17)18)11(16)13-7)14-8-5-3-2-4-6-8/h2-6H,1H3,(H2,12,13,14,16). The molecule has 0 saturated heterocycles. The highest BCUT2D eigenvalue weighted by molar-refractivity contribution is 5.64. The van der Waals surface area contributed by atoms with E-state index in [1.54, 1.807) is 31.2 Å². The topological polar surface area (TPSA) is 101 Å². The zero-order valence-corrected chi connectivity index (χ0v) is 9.51. The van der Waals surface area contributed by atoms with Gasteiger partial charge in [0, 0.05) is 5.69 Å². The van der Waals surface area contributed by atoms with Crippen LogP contribution in [0.2, 0.25) is 0 Å². The number of nitrogens with zero attached hydrogens (tertiary/aromatic N) is 2. The molecule has 0 fully saturated rings. The molecule has 1 aromatic carbocycles. The van der Waals surface area contributed by atoms with Gasteiger partial charge >= 0.3 is 11.2 Å². The molecule has 2 N–H and O–H groups in total. The molecule has 0 atom stereocenters. The molecule has 7 heteroatoms. The number of H-pyrrole nitrogens is 1. The Balaban J connectivity index is 2.50. The first-order chi connectivity index (χ1) is 8.58. The number of hydrogen-bond donors (Lipinski definition) is 2. The van der Waals surface area contributed by atoms with Gasteiger partial charge in [0.2, 0.25) is 5.82 Å². The van der Waals surface area contributed by atoms with Crippen LogP contribution >= 0.6 is 0 Å². The average molecular weight is 246 g/mol.